The number of benzene rings is 4. The lowest BCUT2D eigenvalue weighted by atomic mass is 9.85. The SMILES string of the molecule is CC[C@@]1(OC(=O)[C@@H](NC(=O)[C@H](Cc2cnc[nH]2)NC(=S)Nc2cccc(S(=O)(=O)Nc3cccc(C(CC(=O)O)NS(=O)(=O)c4ccccc4)c3)c2)C(C)C)C(=O)OCc2c1cc1n(c2=O)Cc2cc3ccccc3nc2-1. The number of esters is 2. The van der Waals surface area contributed by atoms with E-state index in [2.05, 4.69) is 35.4 Å². The summed E-state index contributed by atoms with van der Waals surface area (Å²) in [6, 6.07) is 25.9. The molecule has 0 aliphatic carbocycles. The van der Waals surface area contributed by atoms with Gasteiger partial charge in [-0.2, -0.15) is 0 Å². The summed E-state index contributed by atoms with van der Waals surface area (Å²) in [5.41, 5.74) is 1.24. The van der Waals surface area contributed by atoms with Gasteiger partial charge < -0.3 is 40.1 Å². The van der Waals surface area contributed by atoms with Crippen molar-refractivity contribution >= 4 is 83.5 Å². The number of hydrogen-bond donors (Lipinski definition) is 7. The van der Waals surface area contributed by atoms with Crippen molar-refractivity contribution in [2.24, 2.45) is 5.92 Å². The highest BCUT2D eigenvalue weighted by Crippen LogP contribution is 2.41. The second-order valence-electron chi connectivity index (χ2n) is 18.7. The molecule has 0 bridgehead atoms. The Labute approximate surface area is 446 Å². The molecule has 398 valence electrons. The van der Waals surface area contributed by atoms with E-state index < -0.39 is 85.5 Å². The first kappa shape index (κ1) is 53.5. The normalized spacial score (nSPS) is 16.0. The minimum Gasteiger partial charge on any atom is -0.481 e. The van der Waals surface area contributed by atoms with E-state index in [9.17, 15) is 45.9 Å². The van der Waals surface area contributed by atoms with Gasteiger partial charge in [0.2, 0.25) is 21.5 Å². The third-order valence-electron chi connectivity index (χ3n) is 13.2. The van der Waals surface area contributed by atoms with Crippen molar-refractivity contribution in [3.8, 4) is 11.4 Å². The van der Waals surface area contributed by atoms with Crippen LogP contribution in [-0.2, 0) is 73.9 Å². The van der Waals surface area contributed by atoms with Crippen molar-refractivity contribution in [3.63, 3.8) is 0 Å². The molecule has 1 amide bonds. The number of imidazole rings is 1. The summed E-state index contributed by atoms with van der Waals surface area (Å²) in [5, 5.41) is 19.0. The molecule has 1 unspecified atom stereocenters. The number of cyclic esters (lactones) is 1. The number of thiocarbonyl (C=S) groups is 1. The Kier molecular flexibility index (Phi) is 15.1. The molecular formula is C53H51N9O12S3. The van der Waals surface area contributed by atoms with Gasteiger partial charge in [-0.25, -0.2) is 41.1 Å². The summed E-state index contributed by atoms with van der Waals surface area (Å²) in [6.45, 7) is 4.88. The number of ether oxygens (including phenoxy) is 2. The van der Waals surface area contributed by atoms with Gasteiger partial charge in [0.15, 0.2) is 5.11 Å². The lowest BCUT2D eigenvalue weighted by Crippen LogP contribution is -2.56. The molecule has 9 rings (SSSR count). The lowest BCUT2D eigenvalue weighted by molar-refractivity contribution is -0.191. The van der Waals surface area contributed by atoms with Gasteiger partial charge in [-0.05, 0) is 90.8 Å². The summed E-state index contributed by atoms with van der Waals surface area (Å²) in [6.07, 6.45) is 2.11. The van der Waals surface area contributed by atoms with E-state index in [1.54, 1.807) is 37.5 Å². The average molecular weight is 1100 g/mol. The van der Waals surface area contributed by atoms with E-state index in [4.69, 9.17) is 26.7 Å². The van der Waals surface area contributed by atoms with Crippen LogP contribution in [0.4, 0.5) is 11.4 Å². The number of carboxylic acids is 1. The fourth-order valence-corrected chi connectivity index (χ4v) is 11.9. The number of sulfonamides is 2. The molecule has 5 heterocycles. The molecule has 0 spiro atoms. The monoisotopic (exact) mass is 1100 g/mol. The number of aromatic amines is 1. The predicted molar refractivity (Wildman–Crippen MR) is 286 cm³/mol. The van der Waals surface area contributed by atoms with Crippen molar-refractivity contribution in [1.29, 1.82) is 0 Å². The van der Waals surface area contributed by atoms with Crippen molar-refractivity contribution in [1.82, 2.24) is 34.9 Å². The zero-order valence-electron chi connectivity index (χ0n) is 41.5. The molecule has 7 N–H and O–H groups in total. The number of amides is 1. The van der Waals surface area contributed by atoms with E-state index in [0.29, 0.717) is 22.6 Å². The zero-order valence-corrected chi connectivity index (χ0v) is 43.9. The maximum atomic E-state index is 14.5. The Bertz CT molecular complexity index is 3760. The highest BCUT2D eigenvalue weighted by molar-refractivity contribution is 7.92. The summed E-state index contributed by atoms with van der Waals surface area (Å²) in [5.74, 6) is -4.48. The highest BCUT2D eigenvalue weighted by atomic mass is 32.2. The number of para-hydroxylation sites is 1. The van der Waals surface area contributed by atoms with Crippen LogP contribution in [0.25, 0.3) is 22.3 Å². The van der Waals surface area contributed by atoms with Gasteiger partial charge in [-0.1, -0.05) is 75.4 Å². The predicted octanol–water partition coefficient (Wildman–Crippen LogP) is 5.39. The fourth-order valence-electron chi connectivity index (χ4n) is 9.25. The molecule has 0 fully saturated rings. The first-order valence-corrected chi connectivity index (χ1v) is 27.6. The van der Waals surface area contributed by atoms with Crippen LogP contribution < -0.4 is 31.0 Å². The number of rotatable bonds is 19. The van der Waals surface area contributed by atoms with Crippen LogP contribution in [0, 0.1) is 5.92 Å². The highest BCUT2D eigenvalue weighted by Gasteiger charge is 2.51. The van der Waals surface area contributed by atoms with Crippen LogP contribution in [0.5, 0.6) is 0 Å². The van der Waals surface area contributed by atoms with Crippen molar-refractivity contribution in [2.45, 2.75) is 86.7 Å². The van der Waals surface area contributed by atoms with E-state index in [0.717, 1.165) is 10.9 Å². The summed E-state index contributed by atoms with van der Waals surface area (Å²) in [4.78, 5) is 80.3. The molecule has 0 saturated heterocycles. The lowest BCUT2D eigenvalue weighted by Gasteiger charge is -2.37. The van der Waals surface area contributed by atoms with Crippen LogP contribution in [0.1, 0.15) is 67.6 Å². The van der Waals surface area contributed by atoms with Crippen LogP contribution in [0.3, 0.4) is 0 Å². The molecule has 0 saturated carbocycles. The molecule has 24 heteroatoms. The molecule has 7 aromatic rings. The first-order chi connectivity index (χ1) is 36.7. The number of carbonyl (C=O) groups is 4. The second-order valence-corrected chi connectivity index (χ2v) is 22.5. The number of aromatic nitrogens is 4. The standard InChI is InChI=1S/C53H51N9O12S3/c1-4-53(40-24-44-47-33(20-31-12-8-9-19-41(31)57-47)27-62(44)49(66)39(40)28-73-51(53)68)74-50(67)46(30(2)3)59-48(65)43(23-36-26-54-29-55-36)58-52(75)56-34-14-11-18-38(22-34)77(71,72)60-35-15-10-13-32(21-35)42(25-45(63)64)61-76(69,70)37-16-6-5-7-17-37/h5-22,24,26,29-30,42-43,46,60-61H,4,23,25,27-28H2,1-3H3,(H,54,55)(H,59,65)(H,63,64)(H2,56,58,75)/t42?,43-,46-,53-/m0/s1. The van der Waals surface area contributed by atoms with Gasteiger partial charge in [0.05, 0.1) is 57.6 Å². The van der Waals surface area contributed by atoms with E-state index in [1.807, 2.05) is 30.3 Å². The number of nitrogens with one attached hydrogen (secondary N) is 6. The van der Waals surface area contributed by atoms with Crippen molar-refractivity contribution < 1.29 is 50.6 Å². The van der Waals surface area contributed by atoms with Gasteiger partial charge in [0.25, 0.3) is 15.6 Å². The van der Waals surface area contributed by atoms with Gasteiger partial charge in [-0.3, -0.25) is 19.1 Å². The minimum absolute atomic E-state index is 0.00781. The van der Waals surface area contributed by atoms with Gasteiger partial charge in [0, 0.05) is 46.2 Å². The number of H-pyrrole nitrogens is 1. The Morgan fingerprint density at radius 1 is 0.883 bits per heavy atom. The number of anilines is 2. The topological polar surface area (TPSA) is 299 Å². The summed E-state index contributed by atoms with van der Waals surface area (Å²) >= 11 is 5.65. The maximum Gasteiger partial charge on any atom is 0.355 e. The number of carbonyl (C=O) groups excluding carboxylic acids is 3. The number of pyridine rings is 2. The molecule has 3 aromatic heterocycles. The average Bonchev–Trinajstić information content (AvgIpc) is 4.11. The third kappa shape index (κ3) is 11.3. The van der Waals surface area contributed by atoms with Crippen LogP contribution in [0.2, 0.25) is 0 Å². The van der Waals surface area contributed by atoms with Gasteiger partial charge in [-0.15, -0.1) is 0 Å². The van der Waals surface area contributed by atoms with Gasteiger partial charge in [0.1, 0.15) is 18.7 Å². The molecule has 4 aromatic carbocycles. The third-order valence-corrected chi connectivity index (χ3v) is 16.2. The number of hydrogen-bond acceptors (Lipinski definition) is 14. The number of carboxylic acid groups (broad SMARTS) is 1. The fraction of sp³-hybridized carbons (Fsp3) is 0.245. The molecule has 2 aliphatic rings. The number of aliphatic carboxylic acids is 1. The Hall–Kier alpha value is -8.32. The van der Waals surface area contributed by atoms with E-state index >= 15 is 0 Å². The quantitative estimate of drug-likeness (QED) is 0.0395. The molecule has 2 aliphatic heterocycles. The van der Waals surface area contributed by atoms with Crippen molar-refractivity contribution in [3.05, 3.63) is 166 Å². The second kappa shape index (κ2) is 21.7. The number of fused-ring (bicyclic) bond motifs is 5. The Morgan fingerprint density at radius 3 is 2.34 bits per heavy atom. The Balaban J connectivity index is 0.906. The van der Waals surface area contributed by atoms with Crippen LogP contribution >= 0.6 is 12.2 Å². The van der Waals surface area contributed by atoms with E-state index in [1.165, 1.54) is 85.3 Å². The van der Waals surface area contributed by atoms with Crippen molar-refractivity contribution in [2.75, 3.05) is 10.0 Å². The first-order valence-electron chi connectivity index (χ1n) is 24.2. The number of nitrogens with zero attached hydrogens (tertiary/aromatic N) is 3. The smallest absolute Gasteiger partial charge is 0.355 e. The zero-order chi connectivity index (χ0) is 54.8. The molecule has 77 heavy (non-hydrogen) atoms. The molecule has 0 radical (unpaired) electrons. The minimum atomic E-state index is -4.35. The Morgan fingerprint density at radius 2 is 1.61 bits per heavy atom. The van der Waals surface area contributed by atoms with Gasteiger partial charge >= 0.3 is 17.9 Å². The van der Waals surface area contributed by atoms with Crippen LogP contribution in [-0.4, -0.2) is 82.5 Å². The molecule has 21 nitrogen and oxygen atoms in total. The molecule has 4 atom stereocenters. The molecular weight excluding hydrogens is 1050 g/mol. The summed E-state index contributed by atoms with van der Waals surface area (Å²) in [7, 11) is -8.53. The summed E-state index contributed by atoms with van der Waals surface area (Å²) < 4.78 is 72.1. The van der Waals surface area contributed by atoms with E-state index in [-0.39, 0.29) is 69.0 Å². The van der Waals surface area contributed by atoms with Crippen LogP contribution in [0.15, 0.2) is 142 Å². The maximum absolute atomic E-state index is 14.5. The largest absolute Gasteiger partial charge is 0.481 e.